The first-order valence-corrected chi connectivity index (χ1v) is 10.7. The number of amides is 4. The first kappa shape index (κ1) is 21.3. The molecule has 1 aromatic heterocycles. The second kappa shape index (κ2) is 9.07. The first-order chi connectivity index (χ1) is 15.4. The van der Waals surface area contributed by atoms with Crippen molar-refractivity contribution in [2.24, 2.45) is 0 Å². The predicted octanol–water partition coefficient (Wildman–Crippen LogP) is 4.26. The standard InChI is InChI=1S/C24H21N3O4S/c1-15-5-3-7-17(11-15)25-22(28)14-27-23(29)20(26-24(27)30)13-19-9-10-21(32-19)16-6-4-8-18(12-16)31-2/h3-13H,14H2,1-2H3,(H,25,28)(H,26,30)/b20-13-. The Balaban J connectivity index is 1.45. The summed E-state index contributed by atoms with van der Waals surface area (Å²) >= 11 is 1.48. The summed E-state index contributed by atoms with van der Waals surface area (Å²) in [5.74, 6) is -0.226. The maximum Gasteiger partial charge on any atom is 0.329 e. The molecule has 3 aromatic rings. The van der Waals surface area contributed by atoms with Gasteiger partial charge in [-0.15, -0.1) is 11.3 Å². The highest BCUT2D eigenvalue weighted by molar-refractivity contribution is 7.16. The number of rotatable bonds is 6. The second-order valence-electron chi connectivity index (χ2n) is 7.23. The number of imide groups is 1. The van der Waals surface area contributed by atoms with E-state index in [0.29, 0.717) is 5.69 Å². The molecule has 8 heteroatoms. The van der Waals surface area contributed by atoms with E-state index in [1.54, 1.807) is 19.3 Å². The molecule has 0 atom stereocenters. The molecule has 2 N–H and O–H groups in total. The number of anilines is 1. The maximum atomic E-state index is 12.7. The van der Waals surface area contributed by atoms with Crippen molar-refractivity contribution in [3.05, 3.63) is 76.8 Å². The number of carbonyl (C=O) groups excluding carboxylic acids is 3. The van der Waals surface area contributed by atoms with Crippen molar-refractivity contribution < 1.29 is 19.1 Å². The average Bonchev–Trinajstić information content (AvgIpc) is 3.34. The van der Waals surface area contributed by atoms with Crippen LogP contribution in [0.25, 0.3) is 16.5 Å². The number of ether oxygens (including phenoxy) is 1. The van der Waals surface area contributed by atoms with Gasteiger partial charge < -0.3 is 15.4 Å². The summed E-state index contributed by atoms with van der Waals surface area (Å²) in [6.07, 6.45) is 1.62. The minimum Gasteiger partial charge on any atom is -0.497 e. The lowest BCUT2D eigenvalue weighted by Crippen LogP contribution is -2.38. The predicted molar refractivity (Wildman–Crippen MR) is 124 cm³/mol. The number of carbonyl (C=O) groups is 3. The number of hydrogen-bond donors (Lipinski definition) is 2. The van der Waals surface area contributed by atoms with Crippen molar-refractivity contribution in [3.8, 4) is 16.2 Å². The van der Waals surface area contributed by atoms with Crippen LogP contribution in [-0.4, -0.2) is 36.4 Å². The van der Waals surface area contributed by atoms with Crippen molar-refractivity contribution in [3.63, 3.8) is 0 Å². The van der Waals surface area contributed by atoms with Gasteiger partial charge in [-0.3, -0.25) is 9.59 Å². The smallest absolute Gasteiger partial charge is 0.329 e. The summed E-state index contributed by atoms with van der Waals surface area (Å²) in [6, 6.07) is 18.2. The van der Waals surface area contributed by atoms with Crippen LogP contribution in [0.1, 0.15) is 10.4 Å². The zero-order chi connectivity index (χ0) is 22.7. The van der Waals surface area contributed by atoms with Crippen LogP contribution in [0.3, 0.4) is 0 Å². The van der Waals surface area contributed by atoms with E-state index in [0.717, 1.165) is 31.5 Å². The fraction of sp³-hybridized carbons (Fsp3) is 0.125. The van der Waals surface area contributed by atoms with Crippen LogP contribution in [0.5, 0.6) is 5.75 Å². The van der Waals surface area contributed by atoms with Crippen LogP contribution in [0.4, 0.5) is 10.5 Å². The Morgan fingerprint density at radius 1 is 1.12 bits per heavy atom. The fourth-order valence-corrected chi connectivity index (χ4v) is 4.23. The van der Waals surface area contributed by atoms with Gasteiger partial charge in [-0.1, -0.05) is 24.3 Å². The maximum absolute atomic E-state index is 12.7. The molecule has 1 aliphatic heterocycles. The van der Waals surface area contributed by atoms with Crippen LogP contribution in [0.15, 0.2) is 66.4 Å². The van der Waals surface area contributed by atoms with Crippen LogP contribution < -0.4 is 15.4 Å². The number of aryl methyl sites for hydroxylation is 1. The van der Waals surface area contributed by atoms with E-state index in [1.807, 2.05) is 61.5 Å². The second-order valence-corrected chi connectivity index (χ2v) is 8.35. The number of urea groups is 1. The van der Waals surface area contributed by atoms with E-state index in [-0.39, 0.29) is 12.2 Å². The molecule has 0 radical (unpaired) electrons. The number of hydrogen-bond acceptors (Lipinski definition) is 5. The molecule has 32 heavy (non-hydrogen) atoms. The van der Waals surface area contributed by atoms with Crippen molar-refractivity contribution >= 4 is 40.9 Å². The van der Waals surface area contributed by atoms with E-state index in [9.17, 15) is 14.4 Å². The number of nitrogens with one attached hydrogen (secondary N) is 2. The Bertz CT molecular complexity index is 1230. The molecular weight excluding hydrogens is 426 g/mol. The highest BCUT2D eigenvalue weighted by atomic mass is 32.1. The van der Waals surface area contributed by atoms with Gasteiger partial charge in [-0.05, 0) is 60.5 Å². The number of nitrogens with zero attached hydrogens (tertiary/aromatic N) is 1. The summed E-state index contributed by atoms with van der Waals surface area (Å²) in [7, 11) is 1.62. The number of methoxy groups -OCH3 is 1. The number of benzene rings is 2. The van der Waals surface area contributed by atoms with Gasteiger partial charge in [0.15, 0.2) is 0 Å². The lowest BCUT2D eigenvalue weighted by atomic mass is 10.2. The Morgan fingerprint density at radius 3 is 2.72 bits per heavy atom. The lowest BCUT2D eigenvalue weighted by molar-refractivity contribution is -0.127. The van der Waals surface area contributed by atoms with Crippen LogP contribution in [0, 0.1) is 6.92 Å². The molecule has 1 fully saturated rings. The Morgan fingerprint density at radius 2 is 1.94 bits per heavy atom. The molecule has 0 unspecified atom stereocenters. The molecule has 4 rings (SSSR count). The lowest BCUT2D eigenvalue weighted by Gasteiger charge is -2.12. The average molecular weight is 448 g/mol. The van der Waals surface area contributed by atoms with Gasteiger partial charge in [-0.25, -0.2) is 9.69 Å². The summed E-state index contributed by atoms with van der Waals surface area (Å²) in [5, 5.41) is 5.26. The summed E-state index contributed by atoms with van der Waals surface area (Å²) in [5.41, 5.74) is 2.74. The summed E-state index contributed by atoms with van der Waals surface area (Å²) < 4.78 is 5.27. The third-order valence-corrected chi connectivity index (χ3v) is 5.91. The largest absolute Gasteiger partial charge is 0.497 e. The van der Waals surface area contributed by atoms with E-state index in [4.69, 9.17) is 4.74 Å². The number of thiophene rings is 1. The van der Waals surface area contributed by atoms with Gasteiger partial charge in [0.05, 0.1) is 7.11 Å². The summed E-state index contributed by atoms with van der Waals surface area (Å²) in [4.78, 5) is 40.0. The Kier molecular flexibility index (Phi) is 6.04. The molecular formula is C24H21N3O4S. The van der Waals surface area contributed by atoms with Gasteiger partial charge in [0, 0.05) is 15.4 Å². The van der Waals surface area contributed by atoms with E-state index in [1.165, 1.54) is 11.3 Å². The minimum absolute atomic E-state index is 0.136. The molecule has 2 aromatic carbocycles. The van der Waals surface area contributed by atoms with Gasteiger partial charge >= 0.3 is 6.03 Å². The minimum atomic E-state index is -0.620. The third kappa shape index (κ3) is 4.70. The van der Waals surface area contributed by atoms with Gasteiger partial charge in [0.2, 0.25) is 5.91 Å². The van der Waals surface area contributed by atoms with Crippen molar-refractivity contribution in [2.75, 3.05) is 19.0 Å². The highest BCUT2D eigenvalue weighted by Crippen LogP contribution is 2.31. The zero-order valence-corrected chi connectivity index (χ0v) is 18.4. The van der Waals surface area contributed by atoms with E-state index < -0.39 is 17.8 Å². The quantitative estimate of drug-likeness (QED) is 0.437. The zero-order valence-electron chi connectivity index (χ0n) is 17.5. The van der Waals surface area contributed by atoms with Crippen LogP contribution >= 0.6 is 11.3 Å². The Labute approximate surface area is 189 Å². The monoisotopic (exact) mass is 447 g/mol. The van der Waals surface area contributed by atoms with Gasteiger partial charge in [0.1, 0.15) is 18.0 Å². The molecule has 1 aliphatic rings. The third-order valence-electron chi connectivity index (χ3n) is 4.83. The van der Waals surface area contributed by atoms with Gasteiger partial charge in [-0.2, -0.15) is 0 Å². The van der Waals surface area contributed by atoms with Crippen LogP contribution in [-0.2, 0) is 9.59 Å². The van der Waals surface area contributed by atoms with Gasteiger partial charge in [0.25, 0.3) is 5.91 Å². The Hall–Kier alpha value is -3.91. The van der Waals surface area contributed by atoms with E-state index in [2.05, 4.69) is 10.6 Å². The topological polar surface area (TPSA) is 87.7 Å². The molecule has 0 saturated carbocycles. The van der Waals surface area contributed by atoms with E-state index >= 15 is 0 Å². The van der Waals surface area contributed by atoms with Crippen molar-refractivity contribution in [1.82, 2.24) is 10.2 Å². The summed E-state index contributed by atoms with van der Waals surface area (Å²) in [6.45, 7) is 1.55. The molecule has 7 nitrogen and oxygen atoms in total. The molecule has 0 aliphatic carbocycles. The fourth-order valence-electron chi connectivity index (χ4n) is 3.29. The molecule has 1 saturated heterocycles. The highest BCUT2D eigenvalue weighted by Gasteiger charge is 2.35. The molecule has 0 spiro atoms. The molecule has 2 heterocycles. The SMILES string of the molecule is COc1cccc(-c2ccc(/C=C3\NC(=O)N(CC(=O)Nc4cccc(C)c4)C3=O)s2)c1. The molecule has 4 amide bonds. The van der Waals surface area contributed by atoms with Crippen molar-refractivity contribution in [1.29, 1.82) is 0 Å². The molecule has 0 bridgehead atoms. The molecule has 162 valence electrons. The first-order valence-electron chi connectivity index (χ1n) is 9.88. The normalized spacial score (nSPS) is 14.6. The van der Waals surface area contributed by atoms with Crippen LogP contribution in [0.2, 0.25) is 0 Å². The van der Waals surface area contributed by atoms with Crippen molar-refractivity contribution in [2.45, 2.75) is 6.92 Å².